The predicted molar refractivity (Wildman–Crippen MR) is 161 cm³/mol. The van der Waals surface area contributed by atoms with Crippen LogP contribution in [0.2, 0.25) is 0 Å². The molecule has 0 aromatic rings. The van der Waals surface area contributed by atoms with Gasteiger partial charge in [-0.05, 0) is 104 Å². The van der Waals surface area contributed by atoms with Crippen molar-refractivity contribution in [1.82, 2.24) is 0 Å². The molecule has 244 valence electrons. The summed E-state index contributed by atoms with van der Waals surface area (Å²) in [5.74, 6) is 0.331. The monoisotopic (exact) mass is 604 g/mol. The summed E-state index contributed by atoms with van der Waals surface area (Å²) in [7, 11) is 0. The Morgan fingerprint density at radius 2 is 1.63 bits per heavy atom. The van der Waals surface area contributed by atoms with E-state index in [2.05, 4.69) is 47.6 Å². The number of allylic oxidation sites excluding steroid dienone is 2. The highest BCUT2D eigenvalue weighted by atomic mass is 16.7. The topological polar surface area (TPSA) is 137 Å². The van der Waals surface area contributed by atoms with Gasteiger partial charge in [0.2, 0.25) is 0 Å². The molecule has 0 amide bonds. The molecule has 6 aliphatic rings. The number of hydrogen-bond donors (Lipinski definition) is 5. The van der Waals surface area contributed by atoms with Gasteiger partial charge in [-0.25, -0.2) is 0 Å². The SMILES string of the molecule is CC1(C)CC[C@]2(C(=O)O)CC[C@]3(C)C(=CC[C@@H]4[C@@]5(C)CC[C@@H]6O[C@H]([C@H](O)[C@@H](O)[C@@H](O)CO)OC[C@@]6(C)[C@@H]5CC[C@]43C)[C@@H]2C1. The Labute approximate surface area is 257 Å². The third-order valence-electron chi connectivity index (χ3n) is 14.9. The minimum atomic E-state index is -1.56. The lowest BCUT2D eigenvalue weighted by molar-refractivity contribution is -0.340. The Bertz CT molecular complexity index is 1150. The van der Waals surface area contributed by atoms with Gasteiger partial charge in [0, 0.05) is 5.41 Å². The van der Waals surface area contributed by atoms with Crippen molar-refractivity contribution in [2.45, 2.75) is 136 Å². The van der Waals surface area contributed by atoms with E-state index in [0.717, 1.165) is 64.2 Å². The molecular formula is C35H56O8. The summed E-state index contributed by atoms with van der Waals surface area (Å²) in [4.78, 5) is 12.9. The Balaban J connectivity index is 1.29. The van der Waals surface area contributed by atoms with Gasteiger partial charge in [0.15, 0.2) is 6.29 Å². The van der Waals surface area contributed by atoms with Crippen molar-refractivity contribution in [3.8, 4) is 0 Å². The van der Waals surface area contributed by atoms with Gasteiger partial charge in [-0.3, -0.25) is 4.79 Å². The summed E-state index contributed by atoms with van der Waals surface area (Å²) in [6.45, 7) is 14.1. The maximum Gasteiger partial charge on any atom is 0.310 e. The Morgan fingerprint density at radius 1 is 0.930 bits per heavy atom. The highest BCUT2D eigenvalue weighted by Crippen LogP contribution is 2.76. The minimum absolute atomic E-state index is 0.0306. The smallest absolute Gasteiger partial charge is 0.310 e. The summed E-state index contributed by atoms with van der Waals surface area (Å²) < 4.78 is 12.5. The molecule has 43 heavy (non-hydrogen) atoms. The molecule has 0 bridgehead atoms. The zero-order chi connectivity index (χ0) is 31.4. The number of carbonyl (C=O) groups is 1. The second kappa shape index (κ2) is 10.2. The van der Waals surface area contributed by atoms with Crippen LogP contribution in [-0.2, 0) is 14.3 Å². The molecule has 5 fully saturated rings. The van der Waals surface area contributed by atoms with Crippen LogP contribution in [0.25, 0.3) is 0 Å². The highest BCUT2D eigenvalue weighted by molar-refractivity contribution is 5.76. The van der Waals surface area contributed by atoms with Gasteiger partial charge in [0.1, 0.15) is 18.3 Å². The van der Waals surface area contributed by atoms with Gasteiger partial charge in [-0.2, -0.15) is 0 Å². The lowest BCUT2D eigenvalue weighted by Crippen LogP contribution is -2.68. The molecule has 5 N–H and O–H groups in total. The van der Waals surface area contributed by atoms with Crippen LogP contribution < -0.4 is 0 Å². The molecule has 0 radical (unpaired) electrons. The van der Waals surface area contributed by atoms with Gasteiger partial charge >= 0.3 is 5.97 Å². The van der Waals surface area contributed by atoms with Gasteiger partial charge in [-0.15, -0.1) is 0 Å². The van der Waals surface area contributed by atoms with E-state index in [0.29, 0.717) is 18.4 Å². The molecule has 6 rings (SSSR count). The number of aliphatic hydroxyl groups is 4. The molecule has 4 saturated carbocycles. The molecule has 0 unspecified atom stereocenters. The van der Waals surface area contributed by atoms with Crippen LogP contribution in [-0.4, -0.2) is 75.4 Å². The molecule has 0 aromatic carbocycles. The third kappa shape index (κ3) is 4.32. The Kier molecular flexibility index (Phi) is 7.60. The first kappa shape index (κ1) is 31.9. The normalized spacial score (nSPS) is 50.8. The van der Waals surface area contributed by atoms with Crippen molar-refractivity contribution in [3.05, 3.63) is 11.6 Å². The molecule has 1 heterocycles. The van der Waals surface area contributed by atoms with Crippen LogP contribution in [0, 0.1) is 50.2 Å². The molecule has 0 spiro atoms. The van der Waals surface area contributed by atoms with Crippen LogP contribution in [0.15, 0.2) is 11.6 Å². The summed E-state index contributed by atoms with van der Waals surface area (Å²) in [5, 5.41) is 50.7. The zero-order valence-electron chi connectivity index (χ0n) is 27.1. The number of aliphatic hydroxyl groups excluding tert-OH is 4. The number of hydrogen-bond acceptors (Lipinski definition) is 7. The molecule has 0 aromatic heterocycles. The molecule has 8 heteroatoms. The van der Waals surface area contributed by atoms with Crippen molar-refractivity contribution >= 4 is 5.97 Å². The van der Waals surface area contributed by atoms with Crippen molar-refractivity contribution in [1.29, 1.82) is 0 Å². The minimum Gasteiger partial charge on any atom is -0.481 e. The number of rotatable bonds is 5. The largest absolute Gasteiger partial charge is 0.481 e. The average molecular weight is 605 g/mol. The lowest BCUT2D eigenvalue weighted by atomic mass is 9.33. The first-order valence-electron chi connectivity index (χ1n) is 16.9. The van der Waals surface area contributed by atoms with Gasteiger partial charge in [0.25, 0.3) is 0 Å². The fourth-order valence-corrected chi connectivity index (χ4v) is 12.0. The quantitative estimate of drug-likeness (QED) is 0.286. The number of aliphatic carboxylic acids is 1. The zero-order valence-corrected chi connectivity index (χ0v) is 27.1. The van der Waals surface area contributed by atoms with E-state index >= 15 is 0 Å². The van der Waals surface area contributed by atoms with Gasteiger partial charge in [-0.1, -0.05) is 53.2 Å². The van der Waals surface area contributed by atoms with E-state index in [1.54, 1.807) is 0 Å². The average Bonchev–Trinajstić information content (AvgIpc) is 2.95. The van der Waals surface area contributed by atoms with E-state index in [-0.39, 0.29) is 39.1 Å². The summed E-state index contributed by atoms with van der Waals surface area (Å²) in [5.41, 5.74) is 0.800. The van der Waals surface area contributed by atoms with Crippen molar-refractivity contribution < 1.29 is 39.8 Å². The molecule has 8 nitrogen and oxygen atoms in total. The maximum absolute atomic E-state index is 12.9. The van der Waals surface area contributed by atoms with Crippen LogP contribution in [0.4, 0.5) is 0 Å². The van der Waals surface area contributed by atoms with Gasteiger partial charge in [0.05, 0.1) is 24.7 Å². The predicted octanol–water partition coefficient (Wildman–Crippen LogP) is 4.67. The van der Waals surface area contributed by atoms with E-state index < -0.39 is 42.6 Å². The number of carboxylic acids is 1. The number of ether oxygens (including phenoxy) is 2. The maximum atomic E-state index is 12.9. The highest BCUT2D eigenvalue weighted by Gasteiger charge is 2.70. The van der Waals surface area contributed by atoms with Crippen LogP contribution in [0.3, 0.4) is 0 Å². The van der Waals surface area contributed by atoms with E-state index in [4.69, 9.17) is 9.47 Å². The first-order valence-corrected chi connectivity index (χ1v) is 16.9. The van der Waals surface area contributed by atoms with E-state index in [9.17, 15) is 30.3 Å². The Hall–Kier alpha value is -1.03. The van der Waals surface area contributed by atoms with Crippen molar-refractivity contribution in [3.63, 3.8) is 0 Å². The second-order valence-corrected chi connectivity index (χ2v) is 17.3. The third-order valence-corrected chi connectivity index (χ3v) is 14.9. The van der Waals surface area contributed by atoms with Crippen LogP contribution >= 0.6 is 0 Å². The van der Waals surface area contributed by atoms with Crippen LogP contribution in [0.1, 0.15) is 106 Å². The Morgan fingerprint density at radius 3 is 2.30 bits per heavy atom. The second-order valence-electron chi connectivity index (χ2n) is 17.3. The lowest BCUT2D eigenvalue weighted by Gasteiger charge is -2.72. The van der Waals surface area contributed by atoms with Crippen molar-refractivity contribution in [2.24, 2.45) is 50.2 Å². The standard InChI is InChI=1S/C35H56O8/c1-30(2)13-15-35(29(40)41)16-14-33(5)20(21(35)17-30)7-8-24-31(3)11-10-25-32(4,23(31)9-12-34(24,33)6)19-42-28(43-25)27(39)26(38)22(37)18-36/h7,21-28,36-39H,8-19H2,1-6H3,(H,40,41)/t21-,22-,23+,24+,25-,26-,27+,28+,31-,32-,33+,34+,35-/m0/s1. The van der Waals surface area contributed by atoms with Gasteiger partial charge < -0.3 is 35.0 Å². The molecule has 5 aliphatic carbocycles. The summed E-state index contributed by atoms with van der Waals surface area (Å²) in [6.07, 6.45) is 6.18. The molecular weight excluding hydrogens is 548 g/mol. The fraction of sp³-hybridized carbons (Fsp3) is 0.914. The molecule has 13 atom stereocenters. The fourth-order valence-electron chi connectivity index (χ4n) is 12.0. The summed E-state index contributed by atoms with van der Waals surface area (Å²) >= 11 is 0. The van der Waals surface area contributed by atoms with Crippen LogP contribution in [0.5, 0.6) is 0 Å². The molecule has 1 aliphatic heterocycles. The van der Waals surface area contributed by atoms with Crippen molar-refractivity contribution in [2.75, 3.05) is 13.2 Å². The summed E-state index contributed by atoms with van der Waals surface area (Å²) in [6, 6.07) is 0. The number of fused-ring (bicyclic) bond motifs is 9. The van der Waals surface area contributed by atoms with E-state index in [1.165, 1.54) is 5.57 Å². The number of carboxylic acid groups (broad SMARTS) is 1. The first-order chi connectivity index (χ1) is 20.0. The van der Waals surface area contributed by atoms with E-state index in [1.807, 2.05) is 0 Å². The molecule has 1 saturated heterocycles.